The highest BCUT2D eigenvalue weighted by Gasteiger charge is 2.11. The van der Waals surface area contributed by atoms with Crippen LogP contribution in [-0.2, 0) is 0 Å². The van der Waals surface area contributed by atoms with Gasteiger partial charge in [-0.25, -0.2) is 15.0 Å². The number of nitrogens with one attached hydrogen (secondary N) is 1. The molecule has 0 fully saturated rings. The van der Waals surface area contributed by atoms with E-state index in [1.165, 1.54) is 18.3 Å². The van der Waals surface area contributed by atoms with Crippen LogP contribution in [0.3, 0.4) is 0 Å². The van der Waals surface area contributed by atoms with E-state index >= 15 is 0 Å². The van der Waals surface area contributed by atoms with E-state index in [0.29, 0.717) is 0 Å². The third-order valence-corrected chi connectivity index (χ3v) is 2.51. The molecule has 4 heteroatoms. The van der Waals surface area contributed by atoms with E-state index in [-0.39, 0.29) is 0 Å². The Kier molecular flexibility index (Phi) is 1.59. The molecule has 0 spiro atoms. The van der Waals surface area contributed by atoms with Gasteiger partial charge in [0.1, 0.15) is 17.7 Å². The molecule has 0 radical (unpaired) electrons. The van der Waals surface area contributed by atoms with Gasteiger partial charge >= 0.3 is 0 Å². The first-order valence-electron chi connectivity index (χ1n) is 4.78. The fraction of sp³-hybridized carbons (Fsp3) is 0.300. The summed E-state index contributed by atoms with van der Waals surface area (Å²) < 4.78 is 0. The molecular formula is C10H10N4. The number of aromatic amines is 1. The Labute approximate surface area is 81.1 Å². The van der Waals surface area contributed by atoms with Crippen LogP contribution in [-0.4, -0.2) is 19.9 Å². The second-order valence-corrected chi connectivity index (χ2v) is 3.47. The molecule has 0 aliphatic heterocycles. The van der Waals surface area contributed by atoms with Crippen molar-refractivity contribution < 1.29 is 0 Å². The van der Waals surface area contributed by atoms with Gasteiger partial charge in [0.05, 0.1) is 6.20 Å². The molecule has 1 N–H and O–H groups in total. The molecule has 3 rings (SSSR count). The summed E-state index contributed by atoms with van der Waals surface area (Å²) >= 11 is 0. The topological polar surface area (TPSA) is 54.5 Å². The molecule has 0 saturated carbocycles. The number of H-pyrrole nitrogens is 1. The summed E-state index contributed by atoms with van der Waals surface area (Å²) in [5.74, 6) is 0.956. The van der Waals surface area contributed by atoms with Gasteiger partial charge in [-0.3, -0.25) is 0 Å². The van der Waals surface area contributed by atoms with E-state index in [9.17, 15) is 0 Å². The molecule has 1 aliphatic rings. The summed E-state index contributed by atoms with van der Waals surface area (Å²) in [6, 6.07) is 0. The molecule has 0 saturated heterocycles. The van der Waals surface area contributed by atoms with Crippen LogP contribution in [0, 0.1) is 0 Å². The summed E-state index contributed by atoms with van der Waals surface area (Å²) in [5.41, 5.74) is 2.97. The first-order valence-corrected chi connectivity index (χ1v) is 4.78. The maximum absolute atomic E-state index is 4.42. The van der Waals surface area contributed by atoms with E-state index in [0.717, 1.165) is 29.8 Å². The minimum absolute atomic E-state index is 0.753. The van der Waals surface area contributed by atoms with Crippen LogP contribution in [0.2, 0.25) is 0 Å². The Morgan fingerprint density at radius 3 is 3.14 bits per heavy atom. The SMILES string of the molecule is C1=C(c2nc3ncncc3[nH]2)CCC1. The van der Waals surface area contributed by atoms with Crippen molar-refractivity contribution in [1.29, 1.82) is 0 Å². The minimum atomic E-state index is 0.753. The van der Waals surface area contributed by atoms with Gasteiger partial charge in [-0.1, -0.05) is 6.08 Å². The molecular weight excluding hydrogens is 176 g/mol. The second-order valence-electron chi connectivity index (χ2n) is 3.47. The fourth-order valence-corrected chi connectivity index (χ4v) is 1.80. The largest absolute Gasteiger partial charge is 0.336 e. The molecule has 0 atom stereocenters. The van der Waals surface area contributed by atoms with Gasteiger partial charge in [-0.15, -0.1) is 0 Å². The zero-order chi connectivity index (χ0) is 9.38. The lowest BCUT2D eigenvalue weighted by Gasteiger charge is -1.92. The number of allylic oxidation sites excluding steroid dienone is 2. The standard InChI is InChI=1S/C10H10N4/c1-2-4-7(3-1)9-13-8-5-11-6-12-10(8)14-9/h3,5-6H,1-2,4H2,(H,11,12,13,14). The van der Waals surface area contributed by atoms with E-state index in [2.05, 4.69) is 26.0 Å². The van der Waals surface area contributed by atoms with Crippen LogP contribution >= 0.6 is 0 Å². The molecule has 0 amide bonds. The summed E-state index contributed by atoms with van der Waals surface area (Å²) in [6.07, 6.45) is 9.04. The van der Waals surface area contributed by atoms with Gasteiger partial charge in [0, 0.05) is 0 Å². The first-order chi connectivity index (χ1) is 6.93. The van der Waals surface area contributed by atoms with Crippen LogP contribution in [0.4, 0.5) is 0 Å². The lowest BCUT2D eigenvalue weighted by molar-refractivity contribution is 0.931. The van der Waals surface area contributed by atoms with Crippen molar-refractivity contribution in [1.82, 2.24) is 19.9 Å². The average molecular weight is 186 g/mol. The number of rotatable bonds is 1. The van der Waals surface area contributed by atoms with Gasteiger partial charge in [0.2, 0.25) is 0 Å². The van der Waals surface area contributed by atoms with Crippen LogP contribution in [0.5, 0.6) is 0 Å². The highest BCUT2D eigenvalue weighted by Crippen LogP contribution is 2.26. The van der Waals surface area contributed by atoms with Crippen molar-refractivity contribution in [2.75, 3.05) is 0 Å². The molecule has 0 aromatic carbocycles. The van der Waals surface area contributed by atoms with Crippen LogP contribution in [0.1, 0.15) is 25.1 Å². The molecule has 4 nitrogen and oxygen atoms in total. The monoisotopic (exact) mass is 186 g/mol. The Hall–Kier alpha value is -1.71. The Bertz CT molecular complexity index is 465. The van der Waals surface area contributed by atoms with Crippen molar-refractivity contribution in [2.45, 2.75) is 19.3 Å². The van der Waals surface area contributed by atoms with E-state index in [1.807, 2.05) is 0 Å². The molecule has 0 unspecified atom stereocenters. The Morgan fingerprint density at radius 1 is 1.36 bits per heavy atom. The quantitative estimate of drug-likeness (QED) is 0.740. The zero-order valence-corrected chi connectivity index (χ0v) is 7.70. The summed E-state index contributed by atoms with van der Waals surface area (Å²) in [5, 5.41) is 0. The van der Waals surface area contributed by atoms with Gasteiger partial charge in [-0.2, -0.15) is 0 Å². The molecule has 14 heavy (non-hydrogen) atoms. The Morgan fingerprint density at radius 2 is 2.36 bits per heavy atom. The summed E-state index contributed by atoms with van der Waals surface area (Å²) in [7, 11) is 0. The van der Waals surface area contributed by atoms with E-state index in [4.69, 9.17) is 0 Å². The third kappa shape index (κ3) is 1.11. The third-order valence-electron chi connectivity index (χ3n) is 2.51. The van der Waals surface area contributed by atoms with Gasteiger partial charge < -0.3 is 4.98 Å². The predicted molar refractivity (Wildman–Crippen MR) is 53.5 cm³/mol. The van der Waals surface area contributed by atoms with Crippen molar-refractivity contribution in [3.05, 3.63) is 24.4 Å². The van der Waals surface area contributed by atoms with Crippen LogP contribution in [0.25, 0.3) is 16.7 Å². The minimum Gasteiger partial charge on any atom is -0.336 e. The van der Waals surface area contributed by atoms with Crippen molar-refractivity contribution in [3.8, 4) is 0 Å². The predicted octanol–water partition coefficient (Wildman–Crippen LogP) is 1.92. The normalized spacial score (nSPS) is 16.1. The molecule has 70 valence electrons. The number of aromatic nitrogens is 4. The number of hydrogen-bond donors (Lipinski definition) is 1. The number of hydrogen-bond acceptors (Lipinski definition) is 3. The van der Waals surface area contributed by atoms with Crippen molar-refractivity contribution in [3.63, 3.8) is 0 Å². The lowest BCUT2D eigenvalue weighted by Crippen LogP contribution is -1.82. The van der Waals surface area contributed by atoms with Crippen LogP contribution < -0.4 is 0 Å². The fourth-order valence-electron chi connectivity index (χ4n) is 1.80. The molecule has 1 aliphatic carbocycles. The zero-order valence-electron chi connectivity index (χ0n) is 7.70. The smallest absolute Gasteiger partial charge is 0.181 e. The van der Waals surface area contributed by atoms with Gasteiger partial charge in [-0.05, 0) is 24.8 Å². The maximum atomic E-state index is 4.42. The lowest BCUT2D eigenvalue weighted by atomic mass is 10.2. The number of fused-ring (bicyclic) bond motifs is 1. The van der Waals surface area contributed by atoms with Gasteiger partial charge in [0.25, 0.3) is 0 Å². The molecule has 0 bridgehead atoms. The van der Waals surface area contributed by atoms with Crippen molar-refractivity contribution in [2.24, 2.45) is 0 Å². The number of imidazole rings is 1. The molecule has 2 aromatic heterocycles. The summed E-state index contributed by atoms with van der Waals surface area (Å²) in [4.78, 5) is 15.7. The average Bonchev–Trinajstić information content (AvgIpc) is 2.86. The first kappa shape index (κ1) is 7.67. The molecule has 2 heterocycles. The Balaban J connectivity index is 2.14. The van der Waals surface area contributed by atoms with Gasteiger partial charge in [0.15, 0.2) is 5.65 Å². The summed E-state index contributed by atoms with van der Waals surface area (Å²) in [6.45, 7) is 0. The van der Waals surface area contributed by atoms with Crippen LogP contribution in [0.15, 0.2) is 18.6 Å². The van der Waals surface area contributed by atoms with Crippen molar-refractivity contribution >= 4 is 16.7 Å². The highest BCUT2D eigenvalue weighted by molar-refractivity contribution is 5.74. The van der Waals surface area contributed by atoms with E-state index in [1.54, 1.807) is 6.20 Å². The molecule has 2 aromatic rings. The maximum Gasteiger partial charge on any atom is 0.181 e. The highest BCUT2D eigenvalue weighted by atomic mass is 15.0. The second kappa shape index (κ2) is 2.90. The van der Waals surface area contributed by atoms with E-state index < -0.39 is 0 Å². The number of nitrogens with zero attached hydrogens (tertiary/aromatic N) is 3.